The molecule has 2 aromatic rings. The van der Waals surface area contributed by atoms with Gasteiger partial charge in [0.25, 0.3) is 0 Å². The maximum atomic E-state index is 5.90. The van der Waals surface area contributed by atoms with Crippen molar-refractivity contribution >= 4 is 10.8 Å². The van der Waals surface area contributed by atoms with Crippen molar-refractivity contribution in [1.29, 1.82) is 0 Å². The van der Waals surface area contributed by atoms with Crippen molar-refractivity contribution in [2.45, 2.75) is 13.0 Å². The van der Waals surface area contributed by atoms with Crippen LogP contribution in [0.3, 0.4) is 0 Å². The zero-order chi connectivity index (χ0) is 13.8. The van der Waals surface area contributed by atoms with Gasteiger partial charge in [-0.2, -0.15) is 0 Å². The summed E-state index contributed by atoms with van der Waals surface area (Å²) in [5, 5.41) is 5.91. The van der Waals surface area contributed by atoms with E-state index >= 15 is 0 Å². The summed E-state index contributed by atoms with van der Waals surface area (Å²) in [6, 6.07) is 15.3. The smallest absolute Gasteiger partial charge is 0.120 e. The number of nitrogens with zero attached hydrogens (tertiary/aromatic N) is 1. The first kappa shape index (κ1) is 13.4. The lowest BCUT2D eigenvalue weighted by Gasteiger charge is -2.33. The number of hydrogen-bond acceptors (Lipinski definition) is 3. The Hall–Kier alpha value is -1.58. The van der Waals surface area contributed by atoms with Gasteiger partial charge in [0.15, 0.2) is 0 Å². The Labute approximate surface area is 120 Å². The van der Waals surface area contributed by atoms with Gasteiger partial charge in [-0.25, -0.2) is 0 Å². The second-order valence-corrected chi connectivity index (χ2v) is 5.45. The van der Waals surface area contributed by atoms with E-state index in [0.29, 0.717) is 6.04 Å². The first-order valence-electron chi connectivity index (χ1n) is 7.39. The number of piperazine rings is 1. The van der Waals surface area contributed by atoms with E-state index in [1.807, 2.05) is 0 Å². The monoisotopic (exact) mass is 270 g/mol. The van der Waals surface area contributed by atoms with Crippen LogP contribution in [0.2, 0.25) is 0 Å². The molecule has 0 saturated carbocycles. The number of rotatable bonds is 4. The zero-order valence-electron chi connectivity index (χ0n) is 12.0. The van der Waals surface area contributed by atoms with Crippen LogP contribution >= 0.6 is 0 Å². The van der Waals surface area contributed by atoms with Crippen molar-refractivity contribution in [2.75, 3.05) is 32.8 Å². The largest absolute Gasteiger partial charge is 0.492 e. The third kappa shape index (κ3) is 3.11. The van der Waals surface area contributed by atoms with Crippen LogP contribution in [0, 0.1) is 0 Å². The number of benzene rings is 2. The Bertz CT molecular complexity index is 570. The molecule has 20 heavy (non-hydrogen) atoms. The summed E-state index contributed by atoms with van der Waals surface area (Å²) in [7, 11) is 0. The minimum absolute atomic E-state index is 0.601. The second kappa shape index (κ2) is 6.25. The highest BCUT2D eigenvalue weighted by Crippen LogP contribution is 2.20. The number of nitrogens with one attached hydrogen (secondary N) is 1. The van der Waals surface area contributed by atoms with E-state index < -0.39 is 0 Å². The molecule has 106 valence electrons. The molecule has 0 radical (unpaired) electrons. The van der Waals surface area contributed by atoms with Crippen molar-refractivity contribution in [2.24, 2.45) is 0 Å². The standard InChI is InChI=1S/C17H22N2O/c1-14-13-18-8-9-19(14)10-11-20-17-7-6-15-4-2-3-5-16(15)12-17/h2-7,12,14,18H,8-11,13H2,1H3/t14-/m0/s1. The van der Waals surface area contributed by atoms with Crippen LogP contribution in [0.15, 0.2) is 42.5 Å². The summed E-state index contributed by atoms with van der Waals surface area (Å²) in [5.41, 5.74) is 0. The predicted octanol–water partition coefficient (Wildman–Crippen LogP) is 2.51. The fraction of sp³-hybridized carbons (Fsp3) is 0.412. The van der Waals surface area contributed by atoms with Crippen molar-refractivity contribution in [3.63, 3.8) is 0 Å². The van der Waals surface area contributed by atoms with Gasteiger partial charge in [0.1, 0.15) is 12.4 Å². The molecule has 3 nitrogen and oxygen atoms in total. The lowest BCUT2D eigenvalue weighted by molar-refractivity contribution is 0.143. The quantitative estimate of drug-likeness (QED) is 0.924. The van der Waals surface area contributed by atoms with Gasteiger partial charge in [0, 0.05) is 32.2 Å². The van der Waals surface area contributed by atoms with Gasteiger partial charge < -0.3 is 10.1 Å². The molecule has 1 fully saturated rings. The van der Waals surface area contributed by atoms with Crippen molar-refractivity contribution in [3.05, 3.63) is 42.5 Å². The topological polar surface area (TPSA) is 24.5 Å². The maximum absolute atomic E-state index is 5.90. The molecule has 0 aliphatic carbocycles. The molecule has 1 heterocycles. The number of fused-ring (bicyclic) bond motifs is 1. The summed E-state index contributed by atoms with van der Waals surface area (Å²) in [6.45, 7) is 7.29. The summed E-state index contributed by atoms with van der Waals surface area (Å²) < 4.78 is 5.90. The van der Waals surface area contributed by atoms with Crippen LogP contribution < -0.4 is 10.1 Å². The molecule has 0 unspecified atom stereocenters. The molecule has 0 aromatic heterocycles. The van der Waals surface area contributed by atoms with Crippen LogP contribution in [0.1, 0.15) is 6.92 Å². The van der Waals surface area contributed by atoms with Crippen LogP contribution in [-0.2, 0) is 0 Å². The molecule has 1 N–H and O–H groups in total. The molecule has 1 aliphatic heterocycles. The number of hydrogen-bond donors (Lipinski definition) is 1. The Morgan fingerprint density at radius 1 is 1.20 bits per heavy atom. The first-order chi connectivity index (χ1) is 9.83. The van der Waals surface area contributed by atoms with Gasteiger partial charge >= 0.3 is 0 Å². The molecule has 0 bridgehead atoms. The van der Waals surface area contributed by atoms with Gasteiger partial charge in [-0.1, -0.05) is 30.3 Å². The van der Waals surface area contributed by atoms with Gasteiger partial charge in [0.05, 0.1) is 0 Å². The fourth-order valence-electron chi connectivity index (χ4n) is 2.75. The minimum atomic E-state index is 0.601. The highest BCUT2D eigenvalue weighted by Gasteiger charge is 2.17. The van der Waals surface area contributed by atoms with Gasteiger partial charge in [-0.15, -0.1) is 0 Å². The normalized spacial score (nSPS) is 20.1. The third-order valence-electron chi connectivity index (χ3n) is 4.01. The van der Waals surface area contributed by atoms with Gasteiger partial charge in [0.2, 0.25) is 0 Å². The van der Waals surface area contributed by atoms with Crippen LogP contribution in [0.25, 0.3) is 10.8 Å². The summed E-state index contributed by atoms with van der Waals surface area (Å²) in [6.07, 6.45) is 0. The molecule has 1 aliphatic rings. The van der Waals surface area contributed by atoms with Crippen LogP contribution in [0.5, 0.6) is 5.75 Å². The van der Waals surface area contributed by atoms with E-state index in [1.54, 1.807) is 0 Å². The van der Waals surface area contributed by atoms with E-state index in [1.165, 1.54) is 10.8 Å². The second-order valence-electron chi connectivity index (χ2n) is 5.45. The van der Waals surface area contributed by atoms with E-state index in [0.717, 1.165) is 38.5 Å². The first-order valence-corrected chi connectivity index (χ1v) is 7.39. The minimum Gasteiger partial charge on any atom is -0.492 e. The van der Waals surface area contributed by atoms with Crippen LogP contribution in [0.4, 0.5) is 0 Å². The molecule has 2 aromatic carbocycles. The third-order valence-corrected chi connectivity index (χ3v) is 4.01. The average molecular weight is 270 g/mol. The molecular weight excluding hydrogens is 248 g/mol. The summed E-state index contributed by atoms with van der Waals surface area (Å²) >= 11 is 0. The Kier molecular flexibility index (Phi) is 4.19. The Balaban J connectivity index is 1.56. The Morgan fingerprint density at radius 3 is 2.90 bits per heavy atom. The molecular formula is C17H22N2O. The van der Waals surface area contributed by atoms with Crippen LogP contribution in [-0.4, -0.2) is 43.7 Å². The van der Waals surface area contributed by atoms with E-state index in [4.69, 9.17) is 4.74 Å². The maximum Gasteiger partial charge on any atom is 0.120 e. The van der Waals surface area contributed by atoms with E-state index in [2.05, 4.69) is 59.6 Å². The van der Waals surface area contributed by atoms with Crippen molar-refractivity contribution in [1.82, 2.24) is 10.2 Å². The molecule has 3 heteroatoms. The lowest BCUT2D eigenvalue weighted by atomic mass is 10.1. The van der Waals surface area contributed by atoms with Crippen molar-refractivity contribution in [3.8, 4) is 5.75 Å². The molecule has 1 saturated heterocycles. The Morgan fingerprint density at radius 2 is 2.05 bits per heavy atom. The van der Waals surface area contributed by atoms with Gasteiger partial charge in [-0.3, -0.25) is 4.90 Å². The SMILES string of the molecule is C[C@H]1CNCCN1CCOc1ccc2ccccc2c1. The van der Waals surface area contributed by atoms with E-state index in [-0.39, 0.29) is 0 Å². The molecule has 3 rings (SSSR count). The molecule has 0 spiro atoms. The van der Waals surface area contributed by atoms with E-state index in [9.17, 15) is 0 Å². The number of ether oxygens (including phenoxy) is 1. The average Bonchev–Trinajstić information content (AvgIpc) is 2.49. The zero-order valence-corrected chi connectivity index (χ0v) is 12.0. The summed E-state index contributed by atoms with van der Waals surface area (Å²) in [5.74, 6) is 0.964. The van der Waals surface area contributed by atoms with Crippen molar-refractivity contribution < 1.29 is 4.74 Å². The highest BCUT2D eigenvalue weighted by atomic mass is 16.5. The molecule has 1 atom stereocenters. The van der Waals surface area contributed by atoms with Gasteiger partial charge in [-0.05, 0) is 29.8 Å². The lowest BCUT2D eigenvalue weighted by Crippen LogP contribution is -2.50. The summed E-state index contributed by atoms with van der Waals surface area (Å²) in [4.78, 5) is 2.48. The predicted molar refractivity (Wildman–Crippen MR) is 83.3 cm³/mol. The fourth-order valence-corrected chi connectivity index (χ4v) is 2.75. The molecule has 0 amide bonds. The highest BCUT2D eigenvalue weighted by molar-refractivity contribution is 5.83.